The van der Waals surface area contributed by atoms with E-state index >= 15 is 0 Å². The van der Waals surface area contributed by atoms with E-state index in [1.165, 1.54) is 28.5 Å². The molecule has 5 nitrogen and oxygen atoms in total. The quantitative estimate of drug-likeness (QED) is 0.583. The summed E-state index contributed by atoms with van der Waals surface area (Å²) in [6.07, 6.45) is -0.656. The topological polar surface area (TPSA) is 79.2 Å². The zero-order valence-corrected chi connectivity index (χ0v) is 18.5. The smallest absolute Gasteiger partial charge is 0.137 e. The third-order valence-electron chi connectivity index (χ3n) is 5.61. The Kier molecular flexibility index (Phi) is 6.65. The molecule has 0 bridgehead atoms. The van der Waals surface area contributed by atoms with Crippen LogP contribution in [0.3, 0.4) is 0 Å². The van der Waals surface area contributed by atoms with Crippen molar-refractivity contribution in [3.63, 3.8) is 0 Å². The van der Waals surface area contributed by atoms with Gasteiger partial charge in [-0.25, -0.2) is 0 Å². The third-order valence-corrected chi connectivity index (χ3v) is 7.22. The van der Waals surface area contributed by atoms with Crippen LogP contribution in [0.1, 0.15) is 38.9 Å². The zero-order chi connectivity index (χ0) is 20.5. The van der Waals surface area contributed by atoms with Crippen LogP contribution in [0.5, 0.6) is 0 Å². The molecule has 29 heavy (non-hydrogen) atoms. The lowest BCUT2D eigenvalue weighted by Crippen LogP contribution is -2.52. The van der Waals surface area contributed by atoms with Crippen LogP contribution in [0, 0.1) is 0 Å². The molecule has 2 aliphatic rings. The lowest BCUT2D eigenvalue weighted by Gasteiger charge is -2.40. The van der Waals surface area contributed by atoms with E-state index in [4.69, 9.17) is 9.47 Å². The Morgan fingerprint density at radius 1 is 1.00 bits per heavy atom. The van der Waals surface area contributed by atoms with Crippen molar-refractivity contribution >= 4 is 27.7 Å². The molecule has 2 aromatic rings. The molecule has 1 saturated heterocycles. The molecule has 7 heteroatoms. The van der Waals surface area contributed by atoms with E-state index in [2.05, 4.69) is 34.1 Å². The minimum Gasteiger partial charge on any atom is -0.387 e. The first-order chi connectivity index (χ1) is 14.0. The van der Waals surface area contributed by atoms with Crippen molar-refractivity contribution in [2.45, 2.75) is 47.7 Å². The van der Waals surface area contributed by atoms with Gasteiger partial charge in [-0.3, -0.25) is 0 Å². The highest BCUT2D eigenvalue weighted by Gasteiger charge is 2.43. The molecule has 156 valence electrons. The van der Waals surface area contributed by atoms with Gasteiger partial charge >= 0.3 is 0 Å². The molecule has 2 aliphatic heterocycles. The number of aliphatic hydroxyl groups excluding tert-OH is 3. The summed E-state index contributed by atoms with van der Waals surface area (Å²) in [6.45, 7) is 0.738. The summed E-state index contributed by atoms with van der Waals surface area (Å²) in [5, 5.41) is 30.5. The summed E-state index contributed by atoms with van der Waals surface area (Å²) in [5.74, 6) is 0. The van der Waals surface area contributed by atoms with Gasteiger partial charge in [0.2, 0.25) is 0 Å². The number of rotatable bonds is 4. The summed E-state index contributed by atoms with van der Waals surface area (Å²) < 4.78 is 11.5. The van der Waals surface area contributed by atoms with Gasteiger partial charge in [-0.2, -0.15) is 0 Å². The number of fused-ring (bicyclic) bond motifs is 1. The minimum atomic E-state index is -1.24. The predicted molar refractivity (Wildman–Crippen MR) is 116 cm³/mol. The molecule has 6 atom stereocenters. The Balaban J connectivity index is 1.49. The summed E-state index contributed by atoms with van der Waals surface area (Å²) in [7, 11) is 0. The number of ether oxygens (including phenoxy) is 2. The molecule has 0 radical (unpaired) electrons. The van der Waals surface area contributed by atoms with Crippen LogP contribution < -0.4 is 0 Å². The van der Waals surface area contributed by atoms with Crippen LogP contribution in [0.25, 0.3) is 0 Å². The van der Waals surface area contributed by atoms with Crippen molar-refractivity contribution in [3.8, 4) is 0 Å². The van der Waals surface area contributed by atoms with Gasteiger partial charge in [0.15, 0.2) is 0 Å². The molecule has 0 aliphatic carbocycles. The normalized spacial score (nSPS) is 32.0. The Labute approximate surface area is 183 Å². The van der Waals surface area contributed by atoms with Crippen LogP contribution in [-0.2, 0) is 22.3 Å². The lowest BCUT2D eigenvalue weighted by molar-refractivity contribution is -0.200. The number of thioether (sulfide) groups is 1. The van der Waals surface area contributed by atoms with E-state index in [-0.39, 0.29) is 5.01 Å². The minimum absolute atomic E-state index is 0.0512. The predicted octanol–water partition coefficient (Wildman–Crippen LogP) is 3.09. The number of aliphatic hydroxyl groups is 3. The molecule has 2 heterocycles. The SMILES string of the molecule is CS[C@H]1O[C@@H](c2ccc(Cc3ccc4c(c3)C(Br)OCC4)cc2)[C@H](O)[C@@H](O)[C@@H]1O. The highest BCUT2D eigenvalue weighted by molar-refractivity contribution is 9.09. The molecular weight excluding hydrogens is 456 g/mol. The summed E-state index contributed by atoms with van der Waals surface area (Å²) in [6, 6.07) is 14.4. The number of hydrogen-bond donors (Lipinski definition) is 3. The fraction of sp³-hybridized carbons (Fsp3) is 0.455. The van der Waals surface area contributed by atoms with Crippen LogP contribution in [-0.4, -0.2) is 51.9 Å². The second kappa shape index (κ2) is 9.06. The molecule has 2 aromatic carbocycles. The monoisotopic (exact) mass is 480 g/mol. The molecule has 0 spiro atoms. The maximum atomic E-state index is 10.4. The Morgan fingerprint density at radius 3 is 2.45 bits per heavy atom. The largest absolute Gasteiger partial charge is 0.387 e. The Hall–Kier alpha value is -0.930. The second-order valence-electron chi connectivity index (χ2n) is 7.52. The Morgan fingerprint density at radius 2 is 1.72 bits per heavy atom. The van der Waals surface area contributed by atoms with Crippen LogP contribution in [0.2, 0.25) is 0 Å². The zero-order valence-electron chi connectivity index (χ0n) is 16.1. The van der Waals surface area contributed by atoms with Crippen molar-refractivity contribution in [1.29, 1.82) is 0 Å². The molecule has 0 aromatic heterocycles. The highest BCUT2D eigenvalue weighted by atomic mass is 79.9. The van der Waals surface area contributed by atoms with E-state index in [0.29, 0.717) is 0 Å². The lowest BCUT2D eigenvalue weighted by atomic mass is 9.93. The van der Waals surface area contributed by atoms with Gasteiger partial charge in [-0.15, -0.1) is 11.8 Å². The number of halogens is 1. The molecule has 0 saturated carbocycles. The van der Waals surface area contributed by atoms with Crippen molar-refractivity contribution in [2.75, 3.05) is 12.9 Å². The Bertz CT molecular complexity index is 844. The van der Waals surface area contributed by atoms with Gasteiger partial charge in [-0.1, -0.05) is 58.4 Å². The molecule has 1 fully saturated rings. The standard InChI is InChI=1S/C22H25BrO5S/c1-29-22-19(26)17(24)18(25)20(28-22)15-6-2-12(3-7-15)10-13-4-5-14-8-9-27-21(23)16(14)11-13/h2-7,11,17-22,24-26H,8-10H2,1H3/t17-,18-,19+,20+,21?,22-/m1/s1. The van der Waals surface area contributed by atoms with Crippen molar-refractivity contribution in [3.05, 3.63) is 70.3 Å². The number of alkyl halides is 1. The van der Waals surface area contributed by atoms with Gasteiger partial charge in [-0.05, 0) is 46.9 Å². The molecule has 0 amide bonds. The van der Waals surface area contributed by atoms with E-state index in [1.807, 2.05) is 24.3 Å². The maximum absolute atomic E-state index is 10.4. The van der Waals surface area contributed by atoms with Crippen LogP contribution in [0.4, 0.5) is 0 Å². The van der Waals surface area contributed by atoms with Gasteiger partial charge < -0.3 is 24.8 Å². The van der Waals surface area contributed by atoms with Crippen LogP contribution >= 0.6 is 27.7 Å². The molecule has 3 N–H and O–H groups in total. The third kappa shape index (κ3) is 4.42. The maximum Gasteiger partial charge on any atom is 0.137 e. The molecule has 4 rings (SSSR count). The van der Waals surface area contributed by atoms with Crippen molar-refractivity contribution in [1.82, 2.24) is 0 Å². The first-order valence-electron chi connectivity index (χ1n) is 9.66. The first kappa shape index (κ1) is 21.3. The van der Waals surface area contributed by atoms with Gasteiger partial charge in [0, 0.05) is 0 Å². The fourth-order valence-corrected chi connectivity index (χ4v) is 5.22. The van der Waals surface area contributed by atoms with Gasteiger partial charge in [0.25, 0.3) is 0 Å². The van der Waals surface area contributed by atoms with E-state index in [9.17, 15) is 15.3 Å². The van der Waals surface area contributed by atoms with E-state index in [0.717, 1.165) is 30.6 Å². The van der Waals surface area contributed by atoms with E-state index in [1.54, 1.807) is 6.26 Å². The molecule has 1 unspecified atom stereocenters. The summed E-state index contributed by atoms with van der Waals surface area (Å²) in [5.41, 5.74) is 5.08. The van der Waals surface area contributed by atoms with Crippen molar-refractivity contribution in [2.24, 2.45) is 0 Å². The van der Waals surface area contributed by atoms with Crippen LogP contribution in [0.15, 0.2) is 42.5 Å². The van der Waals surface area contributed by atoms with Crippen molar-refractivity contribution < 1.29 is 24.8 Å². The summed E-state index contributed by atoms with van der Waals surface area (Å²) in [4.78, 5) is 0. The number of benzene rings is 2. The highest BCUT2D eigenvalue weighted by Crippen LogP contribution is 2.36. The van der Waals surface area contributed by atoms with E-state index < -0.39 is 29.9 Å². The molecular formula is C22H25BrO5S. The van der Waals surface area contributed by atoms with Gasteiger partial charge in [0.1, 0.15) is 34.9 Å². The van der Waals surface area contributed by atoms with Gasteiger partial charge in [0.05, 0.1) is 6.61 Å². The summed E-state index contributed by atoms with van der Waals surface area (Å²) >= 11 is 4.90. The first-order valence-corrected chi connectivity index (χ1v) is 11.9. The second-order valence-corrected chi connectivity index (χ2v) is 9.29. The average Bonchev–Trinajstić information content (AvgIpc) is 2.74. The number of hydrogen-bond acceptors (Lipinski definition) is 6. The fourth-order valence-electron chi connectivity index (χ4n) is 3.93. The average molecular weight is 481 g/mol.